The molecule has 1 aliphatic heterocycles. The van der Waals surface area contributed by atoms with Crippen LogP contribution in [0.2, 0.25) is 0 Å². The summed E-state index contributed by atoms with van der Waals surface area (Å²) in [4.78, 5) is 0. The molecule has 0 saturated carbocycles. The van der Waals surface area contributed by atoms with Crippen molar-refractivity contribution in [3.8, 4) is 5.75 Å². The lowest BCUT2D eigenvalue weighted by molar-refractivity contribution is 0.414. The van der Waals surface area contributed by atoms with Gasteiger partial charge in [0.1, 0.15) is 11.4 Å². The van der Waals surface area contributed by atoms with Crippen molar-refractivity contribution in [1.82, 2.24) is 0 Å². The molecule has 0 radical (unpaired) electrons. The van der Waals surface area contributed by atoms with Crippen LogP contribution in [-0.2, 0) is 0 Å². The van der Waals surface area contributed by atoms with Gasteiger partial charge < -0.3 is 4.74 Å². The normalized spacial score (nSPS) is 16.1. The molecule has 0 spiro atoms. The van der Waals surface area contributed by atoms with Crippen LogP contribution in [0.1, 0.15) is 23.6 Å². The van der Waals surface area contributed by atoms with E-state index in [4.69, 9.17) is 4.74 Å². The molecule has 1 atom stereocenters. The van der Waals surface area contributed by atoms with E-state index in [9.17, 15) is 17.6 Å². The minimum atomic E-state index is -1.49. The van der Waals surface area contributed by atoms with E-state index in [1.165, 1.54) is 7.11 Å². The Morgan fingerprint density at radius 3 is 2.10 bits per heavy atom. The van der Waals surface area contributed by atoms with Gasteiger partial charge in [-0.1, -0.05) is 42.5 Å². The van der Waals surface area contributed by atoms with Crippen LogP contribution in [0.4, 0.5) is 23.2 Å². The first kappa shape index (κ1) is 19.0. The van der Waals surface area contributed by atoms with Crippen LogP contribution in [-0.4, -0.2) is 12.8 Å². The number of ether oxygens (including phenoxy) is 1. The second-order valence-electron chi connectivity index (χ2n) is 6.57. The predicted molar refractivity (Wildman–Crippen MR) is 102 cm³/mol. The molecule has 0 aliphatic carbocycles. The van der Waals surface area contributed by atoms with Crippen LogP contribution in [0.25, 0.3) is 0 Å². The van der Waals surface area contributed by atoms with E-state index in [-0.39, 0.29) is 6.07 Å². The van der Waals surface area contributed by atoms with Crippen molar-refractivity contribution < 1.29 is 22.3 Å². The van der Waals surface area contributed by atoms with E-state index < -0.39 is 35.0 Å². The van der Waals surface area contributed by atoms with Gasteiger partial charge in [-0.15, -0.1) is 0 Å². The molecule has 3 nitrogen and oxygen atoms in total. The molecule has 0 amide bonds. The quantitative estimate of drug-likeness (QED) is 0.420. The summed E-state index contributed by atoms with van der Waals surface area (Å²) in [5.74, 6) is -5.32. The van der Waals surface area contributed by atoms with Crippen LogP contribution in [0.3, 0.4) is 0 Å². The summed E-state index contributed by atoms with van der Waals surface area (Å²) in [7, 11) is 1.52. The number of rotatable bonds is 4. The summed E-state index contributed by atoms with van der Waals surface area (Å²) in [5, 5.41) is 5.35. The Morgan fingerprint density at radius 1 is 0.897 bits per heavy atom. The first-order valence-electron chi connectivity index (χ1n) is 8.88. The molecular weight excluding hydrogens is 384 g/mol. The van der Waals surface area contributed by atoms with Gasteiger partial charge in [-0.2, -0.15) is 5.10 Å². The first-order chi connectivity index (χ1) is 14.0. The molecule has 0 bridgehead atoms. The molecule has 0 saturated heterocycles. The maximum Gasteiger partial charge on any atom is 0.187 e. The molecule has 1 unspecified atom stereocenters. The van der Waals surface area contributed by atoms with Gasteiger partial charge in [0.2, 0.25) is 0 Å². The van der Waals surface area contributed by atoms with Gasteiger partial charge in [0, 0.05) is 12.5 Å². The summed E-state index contributed by atoms with van der Waals surface area (Å²) in [6, 6.07) is 15.5. The molecule has 4 rings (SSSR count). The monoisotopic (exact) mass is 400 g/mol. The molecular formula is C22H16F4N2O. The number of benzene rings is 3. The van der Waals surface area contributed by atoms with Crippen LogP contribution >= 0.6 is 0 Å². The summed E-state index contributed by atoms with van der Waals surface area (Å²) in [6.45, 7) is 0. The van der Waals surface area contributed by atoms with Gasteiger partial charge in [0.15, 0.2) is 23.3 Å². The molecule has 29 heavy (non-hydrogen) atoms. The fraction of sp³-hybridized carbons (Fsp3) is 0.136. The summed E-state index contributed by atoms with van der Waals surface area (Å²) >= 11 is 0. The van der Waals surface area contributed by atoms with E-state index in [2.05, 4.69) is 5.10 Å². The first-order valence-corrected chi connectivity index (χ1v) is 8.88. The van der Waals surface area contributed by atoms with Gasteiger partial charge >= 0.3 is 0 Å². The highest BCUT2D eigenvalue weighted by molar-refractivity contribution is 6.03. The van der Waals surface area contributed by atoms with Gasteiger partial charge in [-0.3, -0.25) is 5.01 Å². The number of nitrogens with zero attached hydrogens (tertiary/aromatic N) is 2. The lowest BCUT2D eigenvalue weighted by atomic mass is 9.98. The Hall–Kier alpha value is -3.35. The average Bonchev–Trinajstić information content (AvgIpc) is 3.18. The van der Waals surface area contributed by atoms with Crippen molar-refractivity contribution in [2.24, 2.45) is 5.10 Å². The molecule has 0 aromatic heterocycles. The second kappa shape index (κ2) is 7.58. The molecule has 3 aromatic rings. The van der Waals surface area contributed by atoms with Crippen LogP contribution in [0, 0.1) is 23.3 Å². The van der Waals surface area contributed by atoms with Gasteiger partial charge in [-0.05, 0) is 23.3 Å². The number of halogens is 4. The third-order valence-electron chi connectivity index (χ3n) is 4.84. The highest BCUT2D eigenvalue weighted by Crippen LogP contribution is 2.40. The number of hydrogen-bond donors (Lipinski definition) is 0. The van der Waals surface area contributed by atoms with E-state index in [0.717, 1.165) is 10.6 Å². The third kappa shape index (κ3) is 3.44. The maximum atomic E-state index is 14.5. The van der Waals surface area contributed by atoms with E-state index in [1.54, 1.807) is 24.3 Å². The van der Waals surface area contributed by atoms with E-state index in [1.807, 2.05) is 30.3 Å². The van der Waals surface area contributed by atoms with Crippen molar-refractivity contribution in [2.75, 3.05) is 12.1 Å². The van der Waals surface area contributed by atoms with Gasteiger partial charge in [0.05, 0.1) is 18.9 Å². The zero-order valence-corrected chi connectivity index (χ0v) is 15.4. The summed E-state index contributed by atoms with van der Waals surface area (Å²) in [5.41, 5.74) is 1.12. The number of hydrazone groups is 1. The Bertz CT molecular complexity index is 1040. The molecule has 1 heterocycles. The van der Waals surface area contributed by atoms with Crippen LogP contribution in [0.5, 0.6) is 5.75 Å². The fourth-order valence-corrected chi connectivity index (χ4v) is 3.37. The smallest absolute Gasteiger partial charge is 0.187 e. The minimum absolute atomic E-state index is 0.189. The summed E-state index contributed by atoms with van der Waals surface area (Å²) < 4.78 is 61.9. The largest absolute Gasteiger partial charge is 0.497 e. The topological polar surface area (TPSA) is 24.8 Å². The second-order valence-corrected chi connectivity index (χ2v) is 6.57. The number of hydrogen-bond acceptors (Lipinski definition) is 3. The van der Waals surface area contributed by atoms with Crippen molar-refractivity contribution in [2.45, 2.75) is 12.5 Å². The van der Waals surface area contributed by atoms with Crippen molar-refractivity contribution >= 4 is 11.4 Å². The number of methoxy groups -OCH3 is 1. The molecule has 3 aromatic carbocycles. The van der Waals surface area contributed by atoms with Gasteiger partial charge in [-0.25, -0.2) is 17.6 Å². The Balaban J connectivity index is 1.85. The predicted octanol–water partition coefficient (Wildman–Crippen LogP) is 5.61. The Kier molecular flexibility index (Phi) is 4.96. The van der Waals surface area contributed by atoms with Crippen molar-refractivity contribution in [3.05, 3.63) is 95.1 Å². The van der Waals surface area contributed by atoms with E-state index in [0.29, 0.717) is 23.4 Å². The highest BCUT2D eigenvalue weighted by atomic mass is 19.2. The van der Waals surface area contributed by atoms with Crippen LogP contribution in [0.15, 0.2) is 65.8 Å². The maximum absolute atomic E-state index is 14.5. The SMILES string of the molecule is COc1ccc(C2CC(c3ccccc3)=NN2c2c(F)c(F)cc(F)c2F)cc1. The fourth-order valence-electron chi connectivity index (χ4n) is 3.37. The lowest BCUT2D eigenvalue weighted by Gasteiger charge is -2.25. The molecule has 148 valence electrons. The van der Waals surface area contributed by atoms with E-state index >= 15 is 0 Å². The number of anilines is 1. The standard InChI is InChI=1S/C22H16F4N2O/c1-29-15-9-7-14(8-10-15)19-12-18(13-5-3-2-4-6-13)27-28(19)22-20(25)16(23)11-17(24)21(22)26/h2-11,19H,12H2,1H3. The zero-order chi connectivity index (χ0) is 20.5. The minimum Gasteiger partial charge on any atom is -0.497 e. The molecule has 1 aliphatic rings. The Labute approximate surface area is 164 Å². The average molecular weight is 400 g/mol. The highest BCUT2D eigenvalue weighted by Gasteiger charge is 2.35. The summed E-state index contributed by atoms with van der Waals surface area (Å²) in [6.07, 6.45) is 0.299. The molecule has 0 fully saturated rings. The van der Waals surface area contributed by atoms with Crippen molar-refractivity contribution in [1.29, 1.82) is 0 Å². The molecule has 0 N–H and O–H groups in total. The van der Waals surface area contributed by atoms with Crippen LogP contribution < -0.4 is 9.75 Å². The van der Waals surface area contributed by atoms with Crippen molar-refractivity contribution in [3.63, 3.8) is 0 Å². The Morgan fingerprint density at radius 2 is 1.52 bits per heavy atom. The zero-order valence-electron chi connectivity index (χ0n) is 15.4. The molecule has 7 heteroatoms. The third-order valence-corrected chi connectivity index (χ3v) is 4.84. The van der Waals surface area contributed by atoms with Gasteiger partial charge in [0.25, 0.3) is 0 Å². The lowest BCUT2D eigenvalue weighted by Crippen LogP contribution is -2.22.